The van der Waals surface area contributed by atoms with Crippen molar-refractivity contribution < 1.29 is 39.4 Å². The van der Waals surface area contributed by atoms with Crippen LogP contribution in [0.5, 0.6) is 0 Å². The van der Waals surface area contributed by atoms with Gasteiger partial charge in [0.2, 0.25) is 0 Å². The standard InChI is InChI=1S/C13H23NO8/c15-7-8-9(16)10(17)11(18)12(22-8)20-5-6-21-13(19)14-3-1-2-4-14/h8-12,15-18H,1-7H2/t8-,9-,10+,11-,12-/m1/s1. The summed E-state index contributed by atoms with van der Waals surface area (Å²) in [6.07, 6.45) is -5.05. The first-order chi connectivity index (χ1) is 10.5. The van der Waals surface area contributed by atoms with Crippen LogP contribution in [0.3, 0.4) is 0 Å². The number of aliphatic hydroxyl groups excluding tert-OH is 4. The Morgan fingerprint density at radius 1 is 1.09 bits per heavy atom. The zero-order valence-electron chi connectivity index (χ0n) is 12.2. The van der Waals surface area contributed by atoms with Gasteiger partial charge in [-0.1, -0.05) is 0 Å². The van der Waals surface area contributed by atoms with E-state index in [1.54, 1.807) is 4.90 Å². The number of aliphatic hydroxyl groups is 4. The summed E-state index contributed by atoms with van der Waals surface area (Å²) in [5.74, 6) is 0. The topological polar surface area (TPSA) is 129 Å². The van der Waals surface area contributed by atoms with Gasteiger partial charge in [-0.05, 0) is 12.8 Å². The van der Waals surface area contributed by atoms with Crippen LogP contribution in [0.15, 0.2) is 0 Å². The minimum atomic E-state index is -1.48. The summed E-state index contributed by atoms with van der Waals surface area (Å²) in [5, 5.41) is 38.0. The van der Waals surface area contributed by atoms with Gasteiger partial charge in [-0.25, -0.2) is 4.79 Å². The minimum absolute atomic E-state index is 0.0235. The van der Waals surface area contributed by atoms with E-state index < -0.39 is 43.4 Å². The van der Waals surface area contributed by atoms with E-state index in [1.807, 2.05) is 0 Å². The van der Waals surface area contributed by atoms with Crippen molar-refractivity contribution in [3.8, 4) is 0 Å². The van der Waals surface area contributed by atoms with Crippen LogP contribution >= 0.6 is 0 Å². The SMILES string of the molecule is O=C(OCCO[C@@H]1O[C@H](CO)[C@@H](O)[C@H](O)[C@H]1O)N1CCCC1. The van der Waals surface area contributed by atoms with Crippen LogP contribution in [-0.4, -0.2) is 95.0 Å². The van der Waals surface area contributed by atoms with Crippen LogP contribution in [0.4, 0.5) is 4.79 Å². The lowest BCUT2D eigenvalue weighted by atomic mass is 9.99. The molecule has 2 fully saturated rings. The number of hydrogen-bond donors (Lipinski definition) is 4. The summed E-state index contributed by atoms with van der Waals surface area (Å²) >= 11 is 0. The second-order valence-electron chi connectivity index (χ2n) is 5.38. The normalized spacial score (nSPS) is 35.6. The zero-order valence-corrected chi connectivity index (χ0v) is 12.2. The molecule has 9 heteroatoms. The molecule has 0 aliphatic carbocycles. The number of nitrogens with zero attached hydrogens (tertiary/aromatic N) is 1. The molecule has 2 saturated heterocycles. The number of likely N-dealkylation sites (tertiary alicyclic amines) is 1. The third-order valence-corrected chi connectivity index (χ3v) is 3.80. The summed E-state index contributed by atoms with van der Waals surface area (Å²) in [5.41, 5.74) is 0. The molecule has 0 spiro atoms. The van der Waals surface area contributed by atoms with Crippen LogP contribution in [0.2, 0.25) is 0 Å². The Balaban J connectivity index is 1.70. The molecule has 0 bridgehead atoms. The molecule has 9 nitrogen and oxygen atoms in total. The van der Waals surface area contributed by atoms with Gasteiger partial charge in [-0.2, -0.15) is 0 Å². The van der Waals surface area contributed by atoms with Gasteiger partial charge in [-0.15, -0.1) is 0 Å². The van der Waals surface area contributed by atoms with Crippen molar-refractivity contribution in [1.29, 1.82) is 0 Å². The number of ether oxygens (including phenoxy) is 3. The second-order valence-corrected chi connectivity index (χ2v) is 5.38. The van der Waals surface area contributed by atoms with E-state index in [0.29, 0.717) is 13.1 Å². The Morgan fingerprint density at radius 3 is 2.41 bits per heavy atom. The average molecular weight is 321 g/mol. The van der Waals surface area contributed by atoms with Gasteiger partial charge >= 0.3 is 6.09 Å². The first kappa shape index (κ1) is 17.4. The molecule has 1 amide bonds. The molecule has 22 heavy (non-hydrogen) atoms. The monoisotopic (exact) mass is 321 g/mol. The first-order valence-electron chi connectivity index (χ1n) is 7.38. The molecule has 0 unspecified atom stereocenters. The van der Waals surface area contributed by atoms with Gasteiger partial charge in [0.1, 0.15) is 31.0 Å². The molecule has 4 N–H and O–H groups in total. The molecule has 0 aromatic carbocycles. The molecular weight excluding hydrogens is 298 g/mol. The van der Waals surface area contributed by atoms with Crippen molar-refractivity contribution in [3.63, 3.8) is 0 Å². The molecule has 5 atom stereocenters. The van der Waals surface area contributed by atoms with E-state index >= 15 is 0 Å². The molecule has 0 radical (unpaired) electrons. The number of hydrogen-bond acceptors (Lipinski definition) is 8. The van der Waals surface area contributed by atoms with E-state index in [0.717, 1.165) is 12.8 Å². The van der Waals surface area contributed by atoms with Gasteiger partial charge in [0.15, 0.2) is 6.29 Å². The van der Waals surface area contributed by atoms with Crippen molar-refractivity contribution in [2.24, 2.45) is 0 Å². The van der Waals surface area contributed by atoms with Gasteiger partial charge in [0.25, 0.3) is 0 Å². The molecule has 2 rings (SSSR count). The summed E-state index contributed by atoms with van der Waals surface area (Å²) in [6.45, 7) is 0.792. The van der Waals surface area contributed by atoms with E-state index in [1.165, 1.54) is 0 Å². The Hall–Kier alpha value is -0.970. The largest absolute Gasteiger partial charge is 0.447 e. The number of carbonyl (C=O) groups is 1. The number of carbonyl (C=O) groups excluding carboxylic acids is 1. The van der Waals surface area contributed by atoms with Crippen LogP contribution in [0, 0.1) is 0 Å². The lowest BCUT2D eigenvalue weighted by Crippen LogP contribution is -2.59. The first-order valence-corrected chi connectivity index (χ1v) is 7.38. The quantitative estimate of drug-likeness (QED) is 0.429. The predicted molar refractivity (Wildman–Crippen MR) is 71.9 cm³/mol. The molecule has 0 aromatic rings. The fraction of sp³-hybridized carbons (Fsp3) is 0.923. The second kappa shape index (κ2) is 8.04. The van der Waals surface area contributed by atoms with E-state index in [-0.39, 0.29) is 13.2 Å². The Bertz CT molecular complexity index is 360. The maximum atomic E-state index is 11.6. The van der Waals surface area contributed by atoms with E-state index in [9.17, 15) is 20.1 Å². The summed E-state index contributed by atoms with van der Waals surface area (Å²) in [4.78, 5) is 13.2. The number of amides is 1. The van der Waals surface area contributed by atoms with Crippen LogP contribution in [-0.2, 0) is 14.2 Å². The molecule has 2 aliphatic rings. The zero-order chi connectivity index (χ0) is 16.1. The lowest BCUT2D eigenvalue weighted by Gasteiger charge is -2.39. The molecule has 2 aliphatic heterocycles. The highest BCUT2D eigenvalue weighted by Crippen LogP contribution is 2.21. The average Bonchev–Trinajstić information content (AvgIpc) is 3.05. The maximum absolute atomic E-state index is 11.6. The van der Waals surface area contributed by atoms with Gasteiger partial charge in [0.05, 0.1) is 13.2 Å². The van der Waals surface area contributed by atoms with Crippen molar-refractivity contribution in [2.75, 3.05) is 32.9 Å². The Labute approximate surface area is 128 Å². The summed E-state index contributed by atoms with van der Waals surface area (Å²) in [7, 11) is 0. The number of rotatable bonds is 5. The smallest absolute Gasteiger partial charge is 0.409 e. The van der Waals surface area contributed by atoms with Gasteiger partial charge in [0, 0.05) is 13.1 Å². The third-order valence-electron chi connectivity index (χ3n) is 3.80. The molecule has 0 aromatic heterocycles. The minimum Gasteiger partial charge on any atom is -0.447 e. The summed E-state index contributed by atoms with van der Waals surface area (Å²) < 4.78 is 15.4. The van der Waals surface area contributed by atoms with Crippen molar-refractivity contribution in [3.05, 3.63) is 0 Å². The molecular formula is C13H23NO8. The molecule has 2 heterocycles. The lowest BCUT2D eigenvalue weighted by molar-refractivity contribution is -0.302. The fourth-order valence-corrected chi connectivity index (χ4v) is 2.49. The molecule has 0 saturated carbocycles. The van der Waals surface area contributed by atoms with Gasteiger partial charge < -0.3 is 39.5 Å². The predicted octanol–water partition coefficient (Wildman–Crippen LogP) is -1.96. The summed E-state index contributed by atoms with van der Waals surface area (Å²) in [6, 6.07) is 0. The third kappa shape index (κ3) is 4.06. The van der Waals surface area contributed by atoms with Crippen LogP contribution < -0.4 is 0 Å². The Morgan fingerprint density at radius 2 is 1.77 bits per heavy atom. The highest BCUT2D eigenvalue weighted by molar-refractivity contribution is 5.67. The highest BCUT2D eigenvalue weighted by atomic mass is 16.7. The van der Waals surface area contributed by atoms with Crippen molar-refractivity contribution >= 4 is 6.09 Å². The van der Waals surface area contributed by atoms with Crippen LogP contribution in [0.25, 0.3) is 0 Å². The Kier molecular flexibility index (Phi) is 6.36. The van der Waals surface area contributed by atoms with Crippen LogP contribution in [0.1, 0.15) is 12.8 Å². The fourth-order valence-electron chi connectivity index (χ4n) is 2.49. The highest BCUT2D eigenvalue weighted by Gasteiger charge is 2.43. The van der Waals surface area contributed by atoms with Crippen molar-refractivity contribution in [2.45, 2.75) is 43.5 Å². The van der Waals surface area contributed by atoms with E-state index in [2.05, 4.69) is 0 Å². The van der Waals surface area contributed by atoms with Gasteiger partial charge in [-0.3, -0.25) is 0 Å². The van der Waals surface area contributed by atoms with E-state index in [4.69, 9.17) is 19.3 Å². The maximum Gasteiger partial charge on any atom is 0.409 e. The van der Waals surface area contributed by atoms with Crippen molar-refractivity contribution in [1.82, 2.24) is 4.90 Å². The molecule has 128 valence electrons.